The first-order valence-corrected chi connectivity index (χ1v) is 7.26. The van der Waals surface area contributed by atoms with Crippen molar-refractivity contribution in [3.8, 4) is 5.75 Å². The van der Waals surface area contributed by atoms with Crippen LogP contribution < -0.4 is 15.4 Å². The number of hydrogen-bond acceptors (Lipinski definition) is 6. The lowest BCUT2D eigenvalue weighted by Crippen LogP contribution is -2.32. The van der Waals surface area contributed by atoms with Crippen molar-refractivity contribution in [3.05, 3.63) is 48.4 Å². The molecular weight excluding hydrogens is 354 g/mol. The third kappa shape index (κ3) is 6.23. The Labute approximate surface area is 146 Å². The van der Waals surface area contributed by atoms with E-state index in [2.05, 4.69) is 15.4 Å². The van der Waals surface area contributed by atoms with Crippen LogP contribution in [0.1, 0.15) is 10.6 Å². The monoisotopic (exact) mass is 368 g/mol. The van der Waals surface area contributed by atoms with Gasteiger partial charge in [0.2, 0.25) is 0 Å². The summed E-state index contributed by atoms with van der Waals surface area (Å²) in [6.45, 7) is -3.96. The number of carbonyl (C=O) groups is 3. The third-order valence-corrected chi connectivity index (χ3v) is 2.87. The summed E-state index contributed by atoms with van der Waals surface area (Å²) < 4.78 is 37.8. The van der Waals surface area contributed by atoms with Crippen LogP contribution in [0.15, 0.2) is 47.1 Å². The van der Waals surface area contributed by atoms with Crippen molar-refractivity contribution >= 4 is 23.5 Å². The van der Waals surface area contributed by atoms with Crippen LogP contribution in [0.5, 0.6) is 5.75 Å². The van der Waals surface area contributed by atoms with Gasteiger partial charge in [-0.25, -0.2) is 0 Å². The number of benzene rings is 1. The summed E-state index contributed by atoms with van der Waals surface area (Å²) >= 11 is 0. The molecule has 1 aromatic heterocycles. The zero-order chi connectivity index (χ0) is 18.9. The van der Waals surface area contributed by atoms with Crippen LogP contribution >= 0.6 is 0 Å². The maximum Gasteiger partial charge on any atom is 0.387 e. The van der Waals surface area contributed by atoms with Gasteiger partial charge in [0.25, 0.3) is 11.8 Å². The lowest BCUT2D eigenvalue weighted by Gasteiger charge is -2.08. The summed E-state index contributed by atoms with van der Waals surface area (Å²) in [4.78, 5) is 34.7. The predicted octanol–water partition coefficient (Wildman–Crippen LogP) is 1.79. The molecule has 0 fully saturated rings. The highest BCUT2D eigenvalue weighted by Gasteiger charge is 2.12. The van der Waals surface area contributed by atoms with Gasteiger partial charge in [-0.3, -0.25) is 14.4 Å². The van der Waals surface area contributed by atoms with Gasteiger partial charge in [0.1, 0.15) is 12.3 Å². The van der Waals surface area contributed by atoms with Gasteiger partial charge in [0.05, 0.1) is 6.26 Å². The standard InChI is InChI=1S/C16H14F2N2O6/c17-16(18)26-11-5-3-10(4-6-11)20-13(21)9-25-14(22)8-19-15(23)12-2-1-7-24-12/h1-7,16H,8-9H2,(H,19,23)(H,20,21). The molecule has 0 atom stereocenters. The van der Waals surface area contributed by atoms with E-state index < -0.39 is 37.5 Å². The average Bonchev–Trinajstić information content (AvgIpc) is 3.14. The molecule has 2 rings (SSSR count). The van der Waals surface area contributed by atoms with Crippen molar-refractivity contribution in [3.63, 3.8) is 0 Å². The molecule has 0 saturated heterocycles. The number of nitrogens with one attached hydrogen (secondary N) is 2. The van der Waals surface area contributed by atoms with Crippen molar-refractivity contribution < 1.29 is 37.1 Å². The summed E-state index contributed by atoms with van der Waals surface area (Å²) in [5.74, 6) is -2.08. The summed E-state index contributed by atoms with van der Waals surface area (Å²) in [6, 6.07) is 8.13. The van der Waals surface area contributed by atoms with E-state index in [9.17, 15) is 23.2 Å². The second-order valence-electron chi connectivity index (χ2n) is 4.77. The van der Waals surface area contributed by atoms with Crippen molar-refractivity contribution in [2.75, 3.05) is 18.5 Å². The van der Waals surface area contributed by atoms with Crippen LogP contribution in [-0.2, 0) is 14.3 Å². The maximum absolute atomic E-state index is 12.0. The zero-order valence-corrected chi connectivity index (χ0v) is 13.2. The predicted molar refractivity (Wildman–Crippen MR) is 83.7 cm³/mol. The minimum atomic E-state index is -2.94. The van der Waals surface area contributed by atoms with E-state index in [4.69, 9.17) is 9.15 Å². The van der Waals surface area contributed by atoms with E-state index in [0.717, 1.165) is 0 Å². The molecule has 26 heavy (non-hydrogen) atoms. The number of esters is 1. The Morgan fingerprint density at radius 2 is 1.85 bits per heavy atom. The topological polar surface area (TPSA) is 107 Å². The molecule has 1 heterocycles. The molecule has 2 aromatic rings. The first-order chi connectivity index (χ1) is 12.4. The second kappa shape index (κ2) is 9.16. The van der Waals surface area contributed by atoms with Crippen LogP contribution in [0, 0.1) is 0 Å². The number of alkyl halides is 2. The third-order valence-electron chi connectivity index (χ3n) is 2.87. The molecule has 0 spiro atoms. The van der Waals surface area contributed by atoms with E-state index in [1.54, 1.807) is 0 Å². The normalized spacial score (nSPS) is 10.3. The second-order valence-corrected chi connectivity index (χ2v) is 4.77. The molecule has 0 radical (unpaired) electrons. The number of carbonyl (C=O) groups excluding carboxylic acids is 3. The molecule has 0 aliphatic heterocycles. The highest BCUT2D eigenvalue weighted by molar-refractivity contribution is 5.95. The van der Waals surface area contributed by atoms with Crippen molar-refractivity contribution in [1.29, 1.82) is 0 Å². The van der Waals surface area contributed by atoms with Crippen LogP contribution in [0.4, 0.5) is 14.5 Å². The van der Waals surface area contributed by atoms with Gasteiger partial charge in [0.15, 0.2) is 12.4 Å². The summed E-state index contributed by atoms with van der Waals surface area (Å²) in [6.07, 6.45) is 1.31. The Morgan fingerprint density at radius 3 is 2.46 bits per heavy atom. The van der Waals surface area contributed by atoms with Crippen LogP contribution in [0.3, 0.4) is 0 Å². The average molecular weight is 368 g/mol. The van der Waals surface area contributed by atoms with Gasteiger partial charge in [-0.15, -0.1) is 0 Å². The first-order valence-electron chi connectivity index (χ1n) is 7.26. The highest BCUT2D eigenvalue weighted by atomic mass is 19.3. The number of amides is 2. The molecular formula is C16H14F2N2O6. The number of furan rings is 1. The molecule has 0 aliphatic rings. The molecule has 1 aromatic carbocycles. The van der Waals surface area contributed by atoms with Gasteiger partial charge < -0.3 is 24.5 Å². The quantitative estimate of drug-likeness (QED) is 0.688. The lowest BCUT2D eigenvalue weighted by molar-refractivity contribution is -0.146. The molecule has 0 saturated carbocycles. The van der Waals surface area contributed by atoms with E-state index in [0.29, 0.717) is 5.69 Å². The number of ether oxygens (including phenoxy) is 2. The van der Waals surface area contributed by atoms with Gasteiger partial charge in [0, 0.05) is 5.69 Å². The summed E-state index contributed by atoms with van der Waals surface area (Å²) in [5.41, 5.74) is 0.304. The molecule has 0 aliphatic carbocycles. The van der Waals surface area contributed by atoms with Gasteiger partial charge >= 0.3 is 12.6 Å². The molecule has 0 bridgehead atoms. The summed E-state index contributed by atoms with van der Waals surface area (Å²) in [5, 5.41) is 4.67. The van der Waals surface area contributed by atoms with Gasteiger partial charge in [-0.1, -0.05) is 0 Å². The van der Waals surface area contributed by atoms with E-state index in [1.807, 2.05) is 0 Å². The minimum absolute atomic E-state index is 0.0369. The van der Waals surface area contributed by atoms with Gasteiger partial charge in [-0.2, -0.15) is 8.78 Å². The van der Waals surface area contributed by atoms with E-state index in [-0.39, 0.29) is 11.5 Å². The van der Waals surface area contributed by atoms with Crippen LogP contribution in [0.25, 0.3) is 0 Å². The molecule has 0 unspecified atom stereocenters. The highest BCUT2D eigenvalue weighted by Crippen LogP contribution is 2.17. The smallest absolute Gasteiger partial charge is 0.387 e. The van der Waals surface area contributed by atoms with Crippen molar-refractivity contribution in [2.24, 2.45) is 0 Å². The Balaban J connectivity index is 1.69. The molecule has 8 nitrogen and oxygen atoms in total. The van der Waals surface area contributed by atoms with Crippen LogP contribution in [-0.4, -0.2) is 37.5 Å². The molecule has 2 N–H and O–H groups in total. The largest absolute Gasteiger partial charge is 0.459 e. The maximum atomic E-state index is 12.0. The van der Waals surface area contributed by atoms with Crippen LogP contribution in [0.2, 0.25) is 0 Å². The van der Waals surface area contributed by atoms with E-state index >= 15 is 0 Å². The Bertz CT molecular complexity index is 747. The Kier molecular flexibility index (Phi) is 6.66. The minimum Gasteiger partial charge on any atom is -0.459 e. The zero-order valence-electron chi connectivity index (χ0n) is 13.2. The fourth-order valence-electron chi connectivity index (χ4n) is 1.76. The van der Waals surface area contributed by atoms with Gasteiger partial charge in [-0.05, 0) is 36.4 Å². The summed E-state index contributed by atoms with van der Waals surface area (Å²) in [7, 11) is 0. The first kappa shape index (κ1) is 18.9. The number of halogens is 2. The Hall–Kier alpha value is -3.43. The molecule has 10 heteroatoms. The SMILES string of the molecule is O=C(COC(=O)CNC(=O)c1ccco1)Nc1ccc(OC(F)F)cc1. The Morgan fingerprint density at radius 1 is 1.12 bits per heavy atom. The molecule has 2 amide bonds. The number of anilines is 1. The fourth-order valence-corrected chi connectivity index (χ4v) is 1.76. The fraction of sp³-hybridized carbons (Fsp3) is 0.188. The van der Waals surface area contributed by atoms with Crippen molar-refractivity contribution in [2.45, 2.75) is 6.61 Å². The molecule has 138 valence electrons. The number of rotatable bonds is 8. The lowest BCUT2D eigenvalue weighted by atomic mass is 10.3. The van der Waals surface area contributed by atoms with Crippen molar-refractivity contribution in [1.82, 2.24) is 5.32 Å². The van der Waals surface area contributed by atoms with E-state index in [1.165, 1.54) is 42.7 Å². The number of hydrogen-bond donors (Lipinski definition) is 2.